The van der Waals surface area contributed by atoms with Gasteiger partial charge < -0.3 is 14.2 Å². The molecule has 0 aromatic rings. The molecule has 0 atom stereocenters. The molecule has 0 aliphatic rings. The molecule has 0 bridgehead atoms. The Morgan fingerprint density at radius 1 is 0.800 bits per heavy atom. The van der Waals surface area contributed by atoms with E-state index >= 15 is 0 Å². The van der Waals surface area contributed by atoms with E-state index in [0.29, 0.717) is 26.4 Å². The zero-order valence-corrected chi connectivity index (χ0v) is 22.4. The maximum atomic E-state index is 11.7. The Morgan fingerprint density at radius 2 is 1.30 bits per heavy atom. The molecule has 1 amide bonds. The molecule has 0 unspecified atom stereocenters. The Hall–Kier alpha value is -0.850. The third kappa shape index (κ3) is 45.7. The Morgan fingerprint density at radius 3 is 1.67 bits per heavy atom. The van der Waals surface area contributed by atoms with Crippen molar-refractivity contribution in [2.24, 2.45) is 0 Å². The molecule has 186 valence electrons. The molecular weight excluding hydrogens is 380 g/mol. The lowest BCUT2D eigenvalue weighted by Gasteiger charge is -2.26. The molecular formula is C24H56N2O4. The Kier molecular flexibility index (Phi) is 36.9. The second kappa shape index (κ2) is 30.3. The van der Waals surface area contributed by atoms with E-state index in [-0.39, 0.29) is 0 Å². The van der Waals surface area contributed by atoms with E-state index in [1.54, 1.807) is 7.11 Å². The maximum absolute atomic E-state index is 11.7. The number of carbonyl (C=O) groups is 1. The second-order valence-corrected chi connectivity index (χ2v) is 7.97. The summed E-state index contributed by atoms with van der Waals surface area (Å²) in [6, 6.07) is 0. The lowest BCUT2D eigenvalue weighted by atomic mass is 10.2. The molecule has 0 aliphatic carbocycles. The Bertz CT molecular complexity index is 304. The Balaban J connectivity index is -0.000000281. The number of unbranched alkanes of at least 4 members (excludes halogenated alkanes) is 2. The number of amides is 1. The first kappa shape index (κ1) is 36.5. The summed E-state index contributed by atoms with van der Waals surface area (Å²) in [6.07, 6.45) is 6.79. The van der Waals surface area contributed by atoms with Crippen LogP contribution in [-0.4, -0.2) is 56.7 Å². The highest BCUT2D eigenvalue weighted by molar-refractivity contribution is 5.67. The normalized spacial score (nSPS) is 10.0. The summed E-state index contributed by atoms with van der Waals surface area (Å²) in [7, 11) is 1.64. The van der Waals surface area contributed by atoms with Crippen LogP contribution in [0.5, 0.6) is 0 Å². The van der Waals surface area contributed by atoms with Crippen LogP contribution < -0.4 is 5.43 Å². The number of methoxy groups -OCH3 is 1. The quantitative estimate of drug-likeness (QED) is 0.284. The van der Waals surface area contributed by atoms with Crippen LogP contribution in [0.25, 0.3) is 0 Å². The van der Waals surface area contributed by atoms with Gasteiger partial charge in [0.05, 0.1) is 19.8 Å². The predicted molar refractivity (Wildman–Crippen MR) is 131 cm³/mol. The van der Waals surface area contributed by atoms with Gasteiger partial charge in [0.1, 0.15) is 5.60 Å². The Labute approximate surface area is 189 Å². The standard InChI is InChI=1S/C14H30N2O4.C4H10.2C3H8/c1-6-7-8-16(9-10-19-12-11-18-5)15-13(17)20-14(2,3)4;1-3-4-2;2*1-3-2/h6-12H2,1-5H3,(H,15,17);3-4H2,1-2H3;2*3H2,1-2H3. The molecule has 0 aromatic heterocycles. The fourth-order valence-electron chi connectivity index (χ4n) is 1.42. The van der Waals surface area contributed by atoms with Crippen molar-refractivity contribution in [2.45, 2.75) is 113 Å². The molecule has 1 N–H and O–H groups in total. The minimum Gasteiger partial charge on any atom is -0.443 e. The molecule has 0 saturated heterocycles. The van der Waals surface area contributed by atoms with Crippen molar-refractivity contribution >= 4 is 6.09 Å². The van der Waals surface area contributed by atoms with Crippen LogP contribution in [0, 0.1) is 0 Å². The van der Waals surface area contributed by atoms with Crippen molar-refractivity contribution in [1.29, 1.82) is 0 Å². The highest BCUT2D eigenvalue weighted by Crippen LogP contribution is 2.06. The van der Waals surface area contributed by atoms with E-state index in [0.717, 1.165) is 19.4 Å². The van der Waals surface area contributed by atoms with E-state index in [9.17, 15) is 4.79 Å². The summed E-state index contributed by atoms with van der Waals surface area (Å²) >= 11 is 0. The van der Waals surface area contributed by atoms with Crippen molar-refractivity contribution in [3.63, 3.8) is 0 Å². The lowest BCUT2D eigenvalue weighted by molar-refractivity contribution is 0.0200. The minimum absolute atomic E-state index is 0.425. The topological polar surface area (TPSA) is 60.0 Å². The number of carbonyl (C=O) groups excluding carboxylic acids is 1. The van der Waals surface area contributed by atoms with Gasteiger partial charge in [-0.05, 0) is 27.2 Å². The molecule has 6 nitrogen and oxygen atoms in total. The van der Waals surface area contributed by atoms with Crippen molar-refractivity contribution < 1.29 is 19.0 Å². The highest BCUT2D eigenvalue weighted by Gasteiger charge is 2.18. The van der Waals surface area contributed by atoms with Crippen molar-refractivity contribution in [2.75, 3.05) is 40.0 Å². The number of ether oxygens (including phenoxy) is 3. The smallest absolute Gasteiger partial charge is 0.422 e. The zero-order valence-electron chi connectivity index (χ0n) is 22.4. The molecule has 0 radical (unpaired) electrons. The van der Waals surface area contributed by atoms with Crippen LogP contribution in [0.1, 0.15) is 108 Å². The fraction of sp³-hybridized carbons (Fsp3) is 0.958. The summed E-state index contributed by atoms with van der Waals surface area (Å²) in [5, 5.41) is 1.84. The summed E-state index contributed by atoms with van der Waals surface area (Å²) in [5.41, 5.74) is 2.27. The van der Waals surface area contributed by atoms with Gasteiger partial charge in [-0.25, -0.2) is 9.80 Å². The molecule has 0 aliphatic heterocycles. The van der Waals surface area contributed by atoms with Crippen LogP contribution in [0.4, 0.5) is 4.79 Å². The molecule has 0 saturated carbocycles. The van der Waals surface area contributed by atoms with E-state index in [4.69, 9.17) is 14.2 Å². The number of hydrazine groups is 1. The number of nitrogens with one attached hydrogen (secondary N) is 1. The van der Waals surface area contributed by atoms with Crippen LogP contribution in [0.3, 0.4) is 0 Å². The number of hydrogen-bond donors (Lipinski definition) is 1. The minimum atomic E-state index is -0.491. The van der Waals surface area contributed by atoms with Gasteiger partial charge in [-0.1, -0.05) is 80.6 Å². The molecule has 0 spiro atoms. The zero-order chi connectivity index (χ0) is 24.3. The molecule has 0 rings (SSSR count). The summed E-state index contributed by atoms with van der Waals surface area (Å²) in [5.74, 6) is 0. The van der Waals surface area contributed by atoms with Gasteiger partial charge >= 0.3 is 6.09 Å². The summed E-state index contributed by atoms with van der Waals surface area (Å²) in [4.78, 5) is 11.7. The third-order valence-electron chi connectivity index (χ3n) is 2.87. The SMILES string of the molecule is CCC.CCC.CCCC.CCCCN(CCOCCOC)NC(=O)OC(C)(C)C. The van der Waals surface area contributed by atoms with Gasteiger partial charge in [-0.3, -0.25) is 5.43 Å². The molecule has 0 fully saturated rings. The number of rotatable bonds is 11. The summed E-state index contributed by atoms with van der Waals surface area (Å²) in [6.45, 7) is 23.6. The van der Waals surface area contributed by atoms with Gasteiger partial charge in [-0.15, -0.1) is 0 Å². The van der Waals surface area contributed by atoms with Crippen LogP contribution >= 0.6 is 0 Å². The van der Waals surface area contributed by atoms with Crippen LogP contribution in [-0.2, 0) is 14.2 Å². The van der Waals surface area contributed by atoms with E-state index in [2.05, 4.69) is 53.9 Å². The fourth-order valence-corrected chi connectivity index (χ4v) is 1.42. The number of nitrogens with zero attached hydrogens (tertiary/aromatic N) is 1. The first-order valence-electron chi connectivity index (χ1n) is 11.9. The third-order valence-corrected chi connectivity index (χ3v) is 2.87. The van der Waals surface area contributed by atoms with Gasteiger partial charge in [0.2, 0.25) is 0 Å². The van der Waals surface area contributed by atoms with Crippen LogP contribution in [0.2, 0.25) is 0 Å². The average molecular weight is 437 g/mol. The van der Waals surface area contributed by atoms with Gasteiger partial charge in [0.25, 0.3) is 0 Å². The maximum Gasteiger partial charge on any atom is 0.422 e. The van der Waals surface area contributed by atoms with E-state index in [1.165, 1.54) is 25.7 Å². The molecule has 0 heterocycles. The van der Waals surface area contributed by atoms with Crippen molar-refractivity contribution in [1.82, 2.24) is 10.4 Å². The average Bonchev–Trinajstić information content (AvgIpc) is 2.65. The summed E-state index contributed by atoms with van der Waals surface area (Å²) < 4.78 is 15.6. The van der Waals surface area contributed by atoms with Crippen LogP contribution in [0.15, 0.2) is 0 Å². The molecule has 30 heavy (non-hydrogen) atoms. The monoisotopic (exact) mass is 436 g/mol. The second-order valence-electron chi connectivity index (χ2n) is 7.97. The molecule has 0 aromatic carbocycles. The first-order valence-corrected chi connectivity index (χ1v) is 11.9. The lowest BCUT2D eigenvalue weighted by Crippen LogP contribution is -2.46. The van der Waals surface area contributed by atoms with Crippen molar-refractivity contribution in [3.8, 4) is 0 Å². The first-order chi connectivity index (χ1) is 14.1. The van der Waals surface area contributed by atoms with Crippen molar-refractivity contribution in [3.05, 3.63) is 0 Å². The predicted octanol–water partition coefficient (Wildman–Crippen LogP) is 6.83. The van der Waals surface area contributed by atoms with Gasteiger partial charge in [-0.2, -0.15) is 0 Å². The largest absolute Gasteiger partial charge is 0.443 e. The number of hydrogen-bond acceptors (Lipinski definition) is 5. The highest BCUT2D eigenvalue weighted by atomic mass is 16.6. The van der Waals surface area contributed by atoms with Gasteiger partial charge in [0.15, 0.2) is 0 Å². The van der Waals surface area contributed by atoms with Gasteiger partial charge in [0, 0.05) is 20.2 Å². The molecule has 6 heteroatoms. The van der Waals surface area contributed by atoms with E-state index < -0.39 is 11.7 Å². The van der Waals surface area contributed by atoms with E-state index in [1.807, 2.05) is 25.8 Å².